The van der Waals surface area contributed by atoms with Crippen molar-refractivity contribution in [2.75, 3.05) is 5.32 Å². The minimum atomic E-state index is -0.387. The first kappa shape index (κ1) is 21.1. The van der Waals surface area contributed by atoms with E-state index in [0.29, 0.717) is 23.3 Å². The maximum atomic E-state index is 12.9. The molecule has 0 aliphatic rings. The summed E-state index contributed by atoms with van der Waals surface area (Å²) in [7, 11) is 0. The van der Waals surface area contributed by atoms with Crippen LogP contribution in [-0.2, 0) is 6.54 Å². The molecule has 0 radical (unpaired) electrons. The Labute approximate surface area is 185 Å². The highest BCUT2D eigenvalue weighted by atomic mass is 16.3. The van der Waals surface area contributed by atoms with Gasteiger partial charge in [-0.25, -0.2) is 0 Å². The highest BCUT2D eigenvalue weighted by Gasteiger charge is 2.13. The van der Waals surface area contributed by atoms with Gasteiger partial charge in [-0.2, -0.15) is 4.99 Å². The maximum Gasteiger partial charge on any atom is 0.291 e. The van der Waals surface area contributed by atoms with Gasteiger partial charge in [-0.3, -0.25) is 9.59 Å². The number of furan rings is 1. The molecule has 4 aromatic rings. The molecule has 6 nitrogen and oxygen atoms in total. The normalized spacial score (nSPS) is 11.4. The number of hydrogen-bond acceptors (Lipinski definition) is 3. The van der Waals surface area contributed by atoms with Gasteiger partial charge < -0.3 is 14.3 Å². The fraction of sp³-hybridized carbons (Fsp3) is 0.115. The van der Waals surface area contributed by atoms with Crippen molar-refractivity contribution in [1.29, 1.82) is 0 Å². The molecule has 0 bridgehead atoms. The molecule has 6 heteroatoms. The zero-order chi connectivity index (χ0) is 22.5. The van der Waals surface area contributed by atoms with E-state index in [-0.39, 0.29) is 17.6 Å². The second-order valence-corrected chi connectivity index (χ2v) is 7.55. The number of aromatic nitrogens is 1. The predicted molar refractivity (Wildman–Crippen MR) is 122 cm³/mol. The van der Waals surface area contributed by atoms with Crippen molar-refractivity contribution in [2.45, 2.75) is 20.4 Å². The van der Waals surface area contributed by atoms with Gasteiger partial charge in [0.15, 0.2) is 5.76 Å². The average molecular weight is 425 g/mol. The highest BCUT2D eigenvalue weighted by molar-refractivity contribution is 6.04. The van der Waals surface area contributed by atoms with Crippen LogP contribution in [0.15, 0.2) is 94.7 Å². The monoisotopic (exact) mass is 425 g/mol. The van der Waals surface area contributed by atoms with Crippen molar-refractivity contribution in [3.05, 3.63) is 119 Å². The Balaban J connectivity index is 1.60. The van der Waals surface area contributed by atoms with Crippen LogP contribution in [0.25, 0.3) is 0 Å². The summed E-state index contributed by atoms with van der Waals surface area (Å²) in [4.78, 5) is 29.6. The molecule has 0 aliphatic heterocycles. The molecule has 0 fully saturated rings. The number of amides is 2. The first-order chi connectivity index (χ1) is 15.5. The topological polar surface area (TPSA) is 76.6 Å². The van der Waals surface area contributed by atoms with Crippen molar-refractivity contribution in [1.82, 2.24) is 4.57 Å². The number of aryl methyl sites for hydroxylation is 2. The summed E-state index contributed by atoms with van der Waals surface area (Å²) in [5.41, 5.74) is 4.62. The van der Waals surface area contributed by atoms with Crippen molar-refractivity contribution < 1.29 is 14.0 Å². The van der Waals surface area contributed by atoms with Gasteiger partial charge in [-0.05, 0) is 61.4 Å². The standard InChI is InChI=1S/C26H23N3O3/c1-18-8-11-20(12-9-18)17-29-14-4-3-7-24(29)28-25(30)21-13-10-19(2)22(16-21)27-26(31)23-6-5-15-32-23/h3-16H,17H2,1-2H3,(H,27,31). The van der Waals surface area contributed by atoms with Crippen molar-refractivity contribution in [3.8, 4) is 0 Å². The fourth-order valence-corrected chi connectivity index (χ4v) is 3.24. The van der Waals surface area contributed by atoms with E-state index >= 15 is 0 Å². The summed E-state index contributed by atoms with van der Waals surface area (Å²) in [6, 6.07) is 22.2. The molecule has 4 rings (SSSR count). The Morgan fingerprint density at radius 1 is 0.969 bits per heavy atom. The molecule has 160 valence electrons. The number of carbonyl (C=O) groups is 2. The zero-order valence-corrected chi connectivity index (χ0v) is 17.9. The van der Waals surface area contributed by atoms with Gasteiger partial charge in [0.2, 0.25) is 0 Å². The van der Waals surface area contributed by atoms with Crippen LogP contribution in [0, 0.1) is 13.8 Å². The third-order valence-electron chi connectivity index (χ3n) is 5.08. The Kier molecular flexibility index (Phi) is 6.12. The van der Waals surface area contributed by atoms with Gasteiger partial charge in [-0.1, -0.05) is 42.0 Å². The third kappa shape index (κ3) is 4.92. The third-order valence-corrected chi connectivity index (χ3v) is 5.08. The Morgan fingerprint density at radius 2 is 1.78 bits per heavy atom. The van der Waals surface area contributed by atoms with E-state index in [2.05, 4.69) is 34.6 Å². The zero-order valence-electron chi connectivity index (χ0n) is 17.9. The SMILES string of the molecule is Cc1ccc(Cn2ccccc2=NC(=O)c2ccc(C)c(NC(=O)c3ccco3)c2)cc1. The number of rotatable bonds is 5. The number of pyridine rings is 1. The van der Waals surface area contributed by atoms with Crippen LogP contribution in [0.3, 0.4) is 0 Å². The lowest BCUT2D eigenvalue weighted by Gasteiger charge is -2.09. The highest BCUT2D eigenvalue weighted by Crippen LogP contribution is 2.19. The molecule has 0 spiro atoms. The minimum absolute atomic E-state index is 0.201. The summed E-state index contributed by atoms with van der Waals surface area (Å²) < 4.78 is 7.06. The van der Waals surface area contributed by atoms with Crippen LogP contribution in [0.5, 0.6) is 0 Å². The molecular weight excluding hydrogens is 402 g/mol. The van der Waals surface area contributed by atoms with Crippen molar-refractivity contribution >= 4 is 17.5 Å². The molecule has 32 heavy (non-hydrogen) atoms. The second-order valence-electron chi connectivity index (χ2n) is 7.55. The van der Waals surface area contributed by atoms with Crippen LogP contribution >= 0.6 is 0 Å². The predicted octanol–water partition coefficient (Wildman–Crippen LogP) is 4.74. The summed E-state index contributed by atoms with van der Waals surface area (Å²) in [6.45, 7) is 4.51. The van der Waals surface area contributed by atoms with Gasteiger partial charge in [0.05, 0.1) is 6.26 Å². The molecule has 0 saturated carbocycles. The quantitative estimate of drug-likeness (QED) is 0.502. The van der Waals surface area contributed by atoms with Crippen molar-refractivity contribution in [3.63, 3.8) is 0 Å². The lowest BCUT2D eigenvalue weighted by Crippen LogP contribution is -2.22. The average Bonchev–Trinajstić information content (AvgIpc) is 3.33. The molecule has 2 aromatic heterocycles. The number of nitrogens with one attached hydrogen (secondary N) is 1. The van der Waals surface area contributed by atoms with E-state index in [9.17, 15) is 9.59 Å². The van der Waals surface area contributed by atoms with Crippen LogP contribution < -0.4 is 10.8 Å². The molecule has 1 N–H and O–H groups in total. The number of anilines is 1. The van der Waals surface area contributed by atoms with E-state index in [4.69, 9.17) is 4.42 Å². The van der Waals surface area contributed by atoms with Gasteiger partial charge in [0, 0.05) is 24.0 Å². The molecule has 2 amide bonds. The smallest absolute Gasteiger partial charge is 0.291 e. The van der Waals surface area contributed by atoms with E-state index in [1.54, 1.807) is 36.4 Å². The van der Waals surface area contributed by atoms with Gasteiger partial charge in [0.25, 0.3) is 11.8 Å². The van der Waals surface area contributed by atoms with Gasteiger partial charge >= 0.3 is 0 Å². The molecule has 2 heterocycles. The van der Waals surface area contributed by atoms with E-state index in [0.717, 1.165) is 11.1 Å². The Bertz CT molecular complexity index is 1320. The van der Waals surface area contributed by atoms with E-state index in [1.165, 1.54) is 11.8 Å². The molecule has 0 atom stereocenters. The second kappa shape index (κ2) is 9.31. The minimum Gasteiger partial charge on any atom is -0.459 e. The summed E-state index contributed by atoms with van der Waals surface area (Å²) >= 11 is 0. The number of carbonyl (C=O) groups excluding carboxylic acids is 2. The van der Waals surface area contributed by atoms with Gasteiger partial charge in [0.1, 0.15) is 5.49 Å². The van der Waals surface area contributed by atoms with Gasteiger partial charge in [-0.15, -0.1) is 0 Å². The molecule has 0 saturated heterocycles. The van der Waals surface area contributed by atoms with Crippen LogP contribution in [0.4, 0.5) is 5.69 Å². The van der Waals surface area contributed by atoms with Crippen LogP contribution in [0.1, 0.15) is 37.6 Å². The lowest BCUT2D eigenvalue weighted by atomic mass is 10.1. The summed E-state index contributed by atoms with van der Waals surface area (Å²) in [6.07, 6.45) is 3.34. The largest absolute Gasteiger partial charge is 0.459 e. The Hall–Kier alpha value is -4.19. The first-order valence-electron chi connectivity index (χ1n) is 10.3. The number of benzene rings is 2. The fourth-order valence-electron chi connectivity index (χ4n) is 3.24. The maximum absolute atomic E-state index is 12.9. The van der Waals surface area contributed by atoms with Crippen molar-refractivity contribution in [2.24, 2.45) is 4.99 Å². The Morgan fingerprint density at radius 3 is 2.53 bits per heavy atom. The first-order valence-corrected chi connectivity index (χ1v) is 10.3. The summed E-state index contributed by atoms with van der Waals surface area (Å²) in [5.74, 6) is -0.562. The number of hydrogen-bond donors (Lipinski definition) is 1. The molecule has 0 aliphatic carbocycles. The molecule has 0 unspecified atom stereocenters. The van der Waals surface area contributed by atoms with Crippen LogP contribution in [0.2, 0.25) is 0 Å². The summed E-state index contributed by atoms with van der Waals surface area (Å²) in [5, 5.41) is 2.79. The van der Waals surface area contributed by atoms with E-state index < -0.39 is 0 Å². The van der Waals surface area contributed by atoms with Crippen LogP contribution in [-0.4, -0.2) is 16.4 Å². The van der Waals surface area contributed by atoms with E-state index in [1.807, 2.05) is 36.7 Å². The number of nitrogens with zero attached hydrogens (tertiary/aromatic N) is 2. The molecular formula is C26H23N3O3. The molecule has 2 aromatic carbocycles. The lowest BCUT2D eigenvalue weighted by molar-refractivity contribution is 0.0987.